The molecule has 1 atom stereocenters. The predicted octanol–water partition coefficient (Wildman–Crippen LogP) is 1.35. The van der Waals surface area contributed by atoms with Gasteiger partial charge in [0.2, 0.25) is 0 Å². The maximum atomic E-state index is 12.0. The fourth-order valence-electron chi connectivity index (χ4n) is 0.973. The van der Waals surface area contributed by atoms with Gasteiger partial charge in [0, 0.05) is 6.54 Å². The van der Waals surface area contributed by atoms with Crippen molar-refractivity contribution in [2.24, 2.45) is 0 Å². The van der Waals surface area contributed by atoms with Gasteiger partial charge in [0.05, 0.1) is 6.61 Å². The molecular formula is C6H11ClF3NO. The van der Waals surface area contributed by atoms with Crippen LogP contribution < -0.4 is 5.32 Å². The molecule has 2 nitrogen and oxygen atoms in total. The number of halogens is 4. The molecule has 1 rings (SSSR count). The van der Waals surface area contributed by atoms with Crippen molar-refractivity contribution in [3.8, 4) is 0 Å². The Morgan fingerprint density at radius 2 is 1.92 bits per heavy atom. The van der Waals surface area contributed by atoms with Crippen LogP contribution in [0, 0.1) is 0 Å². The van der Waals surface area contributed by atoms with Gasteiger partial charge in [0.15, 0.2) is 6.10 Å². The minimum absolute atomic E-state index is 0. The summed E-state index contributed by atoms with van der Waals surface area (Å²) in [5.74, 6) is 0. The van der Waals surface area contributed by atoms with E-state index in [1.54, 1.807) is 0 Å². The van der Waals surface area contributed by atoms with E-state index in [0.717, 1.165) is 0 Å². The van der Waals surface area contributed by atoms with Gasteiger partial charge in [0.25, 0.3) is 0 Å². The van der Waals surface area contributed by atoms with Crippen molar-refractivity contribution >= 4 is 12.4 Å². The van der Waals surface area contributed by atoms with Crippen LogP contribution in [0.3, 0.4) is 0 Å². The smallest absolute Gasteiger partial charge is 0.367 e. The lowest BCUT2D eigenvalue weighted by Gasteiger charge is -2.17. The first-order valence-electron chi connectivity index (χ1n) is 3.50. The van der Waals surface area contributed by atoms with E-state index in [1.807, 2.05) is 0 Å². The molecule has 0 amide bonds. The fraction of sp³-hybridized carbons (Fsp3) is 1.00. The van der Waals surface area contributed by atoms with Crippen molar-refractivity contribution in [1.29, 1.82) is 0 Å². The first kappa shape index (κ1) is 12.0. The number of rotatable bonds is 0. The van der Waals surface area contributed by atoms with E-state index < -0.39 is 12.3 Å². The molecule has 0 aromatic rings. The van der Waals surface area contributed by atoms with Crippen LogP contribution in [-0.4, -0.2) is 32.0 Å². The third kappa shape index (κ3) is 3.60. The Balaban J connectivity index is 0.00000121. The van der Waals surface area contributed by atoms with Crippen molar-refractivity contribution < 1.29 is 17.9 Å². The van der Waals surface area contributed by atoms with Crippen LogP contribution >= 0.6 is 12.4 Å². The maximum Gasteiger partial charge on any atom is 0.414 e. The van der Waals surface area contributed by atoms with Crippen LogP contribution in [0.25, 0.3) is 0 Å². The number of hydrogen-bond acceptors (Lipinski definition) is 2. The SMILES string of the molecule is Cl.FC(F)(F)C1CCNCCO1. The summed E-state index contributed by atoms with van der Waals surface area (Å²) >= 11 is 0. The van der Waals surface area contributed by atoms with Crippen LogP contribution in [0.5, 0.6) is 0 Å². The van der Waals surface area contributed by atoms with Crippen molar-refractivity contribution in [1.82, 2.24) is 5.32 Å². The topological polar surface area (TPSA) is 21.3 Å². The van der Waals surface area contributed by atoms with Crippen LogP contribution in [0.15, 0.2) is 0 Å². The van der Waals surface area contributed by atoms with E-state index in [-0.39, 0.29) is 25.4 Å². The standard InChI is InChI=1S/C6H10F3NO.ClH/c7-6(8,9)5-1-2-10-3-4-11-5;/h5,10H,1-4H2;1H. The second-order valence-electron chi connectivity index (χ2n) is 2.44. The Kier molecular flexibility index (Phi) is 4.89. The minimum Gasteiger partial charge on any atom is -0.367 e. The Labute approximate surface area is 74.9 Å². The van der Waals surface area contributed by atoms with Crippen LogP contribution in [0.1, 0.15) is 6.42 Å². The first-order valence-corrected chi connectivity index (χ1v) is 3.50. The second kappa shape index (κ2) is 4.89. The van der Waals surface area contributed by atoms with Crippen molar-refractivity contribution in [2.45, 2.75) is 18.7 Å². The predicted molar refractivity (Wildman–Crippen MR) is 40.5 cm³/mol. The zero-order chi connectivity index (χ0) is 8.32. The molecule has 1 aliphatic rings. The highest BCUT2D eigenvalue weighted by Gasteiger charge is 2.40. The van der Waals surface area contributed by atoms with Crippen LogP contribution in [0.4, 0.5) is 13.2 Å². The molecule has 1 fully saturated rings. The van der Waals surface area contributed by atoms with Crippen molar-refractivity contribution in [2.75, 3.05) is 19.7 Å². The van der Waals surface area contributed by atoms with E-state index >= 15 is 0 Å². The van der Waals surface area contributed by atoms with Gasteiger partial charge in [-0.05, 0) is 13.0 Å². The normalized spacial score (nSPS) is 25.8. The molecule has 1 aliphatic heterocycles. The summed E-state index contributed by atoms with van der Waals surface area (Å²) < 4.78 is 40.5. The van der Waals surface area contributed by atoms with Gasteiger partial charge in [-0.15, -0.1) is 12.4 Å². The van der Waals surface area contributed by atoms with E-state index in [2.05, 4.69) is 10.1 Å². The molecule has 0 spiro atoms. The molecule has 1 unspecified atom stereocenters. The fourth-order valence-corrected chi connectivity index (χ4v) is 0.973. The zero-order valence-corrected chi connectivity index (χ0v) is 7.17. The lowest BCUT2D eigenvalue weighted by molar-refractivity contribution is -0.218. The minimum atomic E-state index is -4.20. The van der Waals surface area contributed by atoms with Gasteiger partial charge < -0.3 is 10.1 Å². The quantitative estimate of drug-likeness (QED) is 0.645. The monoisotopic (exact) mass is 205 g/mol. The maximum absolute atomic E-state index is 12.0. The van der Waals surface area contributed by atoms with Gasteiger partial charge >= 0.3 is 6.18 Å². The Hall–Kier alpha value is -0.0000000000000000416. The molecule has 6 heteroatoms. The van der Waals surface area contributed by atoms with Gasteiger partial charge in [-0.3, -0.25) is 0 Å². The largest absolute Gasteiger partial charge is 0.414 e. The highest BCUT2D eigenvalue weighted by molar-refractivity contribution is 5.85. The first-order chi connectivity index (χ1) is 5.11. The summed E-state index contributed by atoms with van der Waals surface area (Å²) in [7, 11) is 0. The van der Waals surface area contributed by atoms with Gasteiger partial charge in [-0.25, -0.2) is 0 Å². The third-order valence-corrected chi connectivity index (χ3v) is 1.55. The van der Waals surface area contributed by atoms with Gasteiger partial charge in [0.1, 0.15) is 0 Å². The van der Waals surface area contributed by atoms with Gasteiger partial charge in [-0.2, -0.15) is 13.2 Å². The lowest BCUT2D eigenvalue weighted by atomic mass is 10.2. The number of nitrogens with one attached hydrogen (secondary N) is 1. The van der Waals surface area contributed by atoms with Gasteiger partial charge in [-0.1, -0.05) is 0 Å². The molecule has 0 aromatic carbocycles. The summed E-state index contributed by atoms with van der Waals surface area (Å²) in [6.07, 6.45) is -5.76. The highest BCUT2D eigenvalue weighted by atomic mass is 35.5. The zero-order valence-electron chi connectivity index (χ0n) is 6.36. The summed E-state index contributed by atoms with van der Waals surface area (Å²) in [6, 6.07) is 0. The molecule has 0 aliphatic carbocycles. The average Bonchev–Trinajstić information content (AvgIpc) is 2.10. The van der Waals surface area contributed by atoms with E-state index in [9.17, 15) is 13.2 Å². The molecule has 0 aromatic heterocycles. The molecule has 0 saturated carbocycles. The third-order valence-electron chi connectivity index (χ3n) is 1.55. The van der Waals surface area contributed by atoms with Crippen LogP contribution in [0.2, 0.25) is 0 Å². The molecule has 0 bridgehead atoms. The molecule has 1 N–H and O–H groups in total. The second-order valence-corrected chi connectivity index (χ2v) is 2.44. The van der Waals surface area contributed by atoms with E-state index in [0.29, 0.717) is 13.1 Å². The Bertz CT molecular complexity index is 122. The summed E-state index contributed by atoms with van der Waals surface area (Å²) in [6.45, 7) is 1.03. The molecule has 1 saturated heterocycles. The summed E-state index contributed by atoms with van der Waals surface area (Å²) in [5, 5.41) is 2.82. The van der Waals surface area contributed by atoms with E-state index in [1.165, 1.54) is 0 Å². The Morgan fingerprint density at radius 3 is 2.50 bits per heavy atom. The summed E-state index contributed by atoms with van der Waals surface area (Å²) in [5.41, 5.74) is 0. The molecular weight excluding hydrogens is 195 g/mol. The number of ether oxygens (including phenoxy) is 1. The summed E-state index contributed by atoms with van der Waals surface area (Å²) in [4.78, 5) is 0. The number of alkyl halides is 3. The molecule has 0 radical (unpaired) electrons. The van der Waals surface area contributed by atoms with E-state index in [4.69, 9.17) is 0 Å². The van der Waals surface area contributed by atoms with Crippen molar-refractivity contribution in [3.05, 3.63) is 0 Å². The highest BCUT2D eigenvalue weighted by Crippen LogP contribution is 2.25. The lowest BCUT2D eigenvalue weighted by Crippen LogP contribution is -2.31. The number of hydrogen-bond donors (Lipinski definition) is 1. The molecule has 12 heavy (non-hydrogen) atoms. The Morgan fingerprint density at radius 1 is 1.25 bits per heavy atom. The molecule has 1 heterocycles. The average molecular weight is 206 g/mol. The molecule has 74 valence electrons. The van der Waals surface area contributed by atoms with Crippen molar-refractivity contribution in [3.63, 3.8) is 0 Å². The van der Waals surface area contributed by atoms with Crippen LogP contribution in [-0.2, 0) is 4.74 Å².